The number of nitrogens with one attached hydrogen (secondary N) is 2. The van der Waals surface area contributed by atoms with Gasteiger partial charge < -0.3 is 5.32 Å². The minimum atomic E-state index is -3.71. The van der Waals surface area contributed by atoms with Crippen LogP contribution in [0.25, 0.3) is 5.69 Å². The Morgan fingerprint density at radius 2 is 1.70 bits per heavy atom. The average molecular weight is 466 g/mol. The van der Waals surface area contributed by atoms with Crippen molar-refractivity contribution in [1.29, 1.82) is 0 Å². The molecule has 0 fully saturated rings. The number of anilines is 1. The van der Waals surface area contributed by atoms with Crippen molar-refractivity contribution >= 4 is 27.5 Å². The van der Waals surface area contributed by atoms with Gasteiger partial charge in [-0.1, -0.05) is 6.42 Å². The Bertz CT molecular complexity index is 1280. The van der Waals surface area contributed by atoms with E-state index in [1.54, 1.807) is 24.3 Å². The molecule has 1 aromatic heterocycles. The minimum Gasteiger partial charge on any atom is -0.322 e. The lowest BCUT2D eigenvalue weighted by Gasteiger charge is -2.11. The summed E-state index contributed by atoms with van der Waals surface area (Å²) in [7, 11) is -3.71. The number of amides is 1. The molecule has 172 valence electrons. The van der Waals surface area contributed by atoms with Crippen LogP contribution in [0.5, 0.6) is 0 Å². The van der Waals surface area contributed by atoms with Crippen LogP contribution in [0.1, 0.15) is 47.4 Å². The number of amidine groups is 1. The number of aromatic nitrogens is 2. The predicted molar refractivity (Wildman–Crippen MR) is 129 cm³/mol. The van der Waals surface area contributed by atoms with Gasteiger partial charge in [-0.25, -0.2) is 13.1 Å². The van der Waals surface area contributed by atoms with Gasteiger partial charge in [0.25, 0.3) is 15.9 Å². The second kappa shape index (κ2) is 9.58. The summed E-state index contributed by atoms with van der Waals surface area (Å²) in [6.07, 6.45) is 3.58. The molecular weight excluding hydrogens is 438 g/mol. The molecule has 1 aliphatic rings. The Labute approximate surface area is 193 Å². The molecule has 2 aromatic carbocycles. The van der Waals surface area contributed by atoms with Crippen LogP contribution in [-0.2, 0) is 10.0 Å². The lowest BCUT2D eigenvalue weighted by atomic mass is 10.2. The summed E-state index contributed by atoms with van der Waals surface area (Å²) in [4.78, 5) is 17.1. The number of rotatable bonds is 5. The van der Waals surface area contributed by atoms with E-state index in [4.69, 9.17) is 0 Å². The molecule has 2 N–H and O–H groups in total. The standard InChI is InChI=1S/C24H27N5O3S/c1-17-16-18(2)29(27-17)21-11-7-19(8-12-21)24(30)26-20-9-13-22(14-10-20)33(31,32)28-23-6-4-3-5-15-25-23/h7-14,16H,3-6,15H2,1-2H3,(H,25,28)(H,26,30). The van der Waals surface area contributed by atoms with Crippen molar-refractivity contribution in [1.82, 2.24) is 14.5 Å². The number of sulfonamides is 1. The van der Waals surface area contributed by atoms with Crippen molar-refractivity contribution in [2.24, 2.45) is 4.99 Å². The lowest BCUT2D eigenvalue weighted by molar-refractivity contribution is 0.102. The molecule has 0 bridgehead atoms. The SMILES string of the molecule is Cc1cc(C)n(-c2ccc(C(=O)Nc3ccc(S(=O)(=O)NC4=NCCCCC4)cc3)cc2)n1. The molecular formula is C24H27N5O3S. The number of benzene rings is 2. The van der Waals surface area contributed by atoms with E-state index >= 15 is 0 Å². The number of aliphatic imine (C=N–C) groups is 1. The second-order valence-electron chi connectivity index (χ2n) is 8.11. The van der Waals surface area contributed by atoms with Crippen molar-refractivity contribution in [2.45, 2.75) is 44.4 Å². The molecule has 33 heavy (non-hydrogen) atoms. The van der Waals surface area contributed by atoms with Gasteiger partial charge >= 0.3 is 0 Å². The third-order valence-corrected chi connectivity index (χ3v) is 6.83. The Hall–Kier alpha value is -3.46. The van der Waals surface area contributed by atoms with E-state index in [1.165, 1.54) is 12.1 Å². The van der Waals surface area contributed by atoms with Gasteiger partial charge in [-0.2, -0.15) is 5.10 Å². The summed E-state index contributed by atoms with van der Waals surface area (Å²) in [5, 5.41) is 7.25. The molecule has 1 amide bonds. The maximum absolute atomic E-state index is 12.7. The highest BCUT2D eigenvalue weighted by molar-refractivity contribution is 7.90. The van der Waals surface area contributed by atoms with Gasteiger partial charge in [0.05, 0.1) is 16.3 Å². The van der Waals surface area contributed by atoms with Gasteiger partial charge in [0.1, 0.15) is 5.84 Å². The van der Waals surface area contributed by atoms with Crippen LogP contribution >= 0.6 is 0 Å². The fourth-order valence-corrected chi connectivity index (χ4v) is 4.83. The monoisotopic (exact) mass is 465 g/mol. The molecule has 8 nitrogen and oxygen atoms in total. The molecule has 0 unspecified atom stereocenters. The van der Waals surface area contributed by atoms with Crippen LogP contribution < -0.4 is 10.0 Å². The zero-order chi connectivity index (χ0) is 23.4. The van der Waals surface area contributed by atoms with E-state index in [0.717, 1.165) is 36.3 Å². The first-order chi connectivity index (χ1) is 15.8. The Morgan fingerprint density at radius 1 is 0.970 bits per heavy atom. The Balaban J connectivity index is 1.41. The quantitative estimate of drug-likeness (QED) is 0.594. The summed E-state index contributed by atoms with van der Waals surface area (Å²) in [5.41, 5.74) is 3.81. The molecule has 0 aliphatic carbocycles. The first kappa shape index (κ1) is 22.7. The van der Waals surface area contributed by atoms with Crippen molar-refractivity contribution in [3.05, 3.63) is 71.5 Å². The first-order valence-corrected chi connectivity index (χ1v) is 12.4. The van der Waals surface area contributed by atoms with E-state index in [1.807, 2.05) is 36.7 Å². The number of hydrogen-bond acceptors (Lipinski definition) is 5. The number of hydrogen-bond donors (Lipinski definition) is 2. The largest absolute Gasteiger partial charge is 0.322 e. The number of nitrogens with zero attached hydrogens (tertiary/aromatic N) is 3. The number of aryl methyl sites for hydroxylation is 2. The lowest BCUT2D eigenvalue weighted by Crippen LogP contribution is -2.30. The maximum Gasteiger partial charge on any atom is 0.262 e. The van der Waals surface area contributed by atoms with E-state index in [9.17, 15) is 13.2 Å². The van der Waals surface area contributed by atoms with Crippen LogP contribution in [-0.4, -0.2) is 36.5 Å². The highest BCUT2D eigenvalue weighted by Crippen LogP contribution is 2.18. The van der Waals surface area contributed by atoms with Gasteiger partial charge in [-0.15, -0.1) is 0 Å². The van der Waals surface area contributed by atoms with Crippen LogP contribution in [0.3, 0.4) is 0 Å². The molecule has 0 atom stereocenters. The fraction of sp³-hybridized carbons (Fsp3) is 0.292. The van der Waals surface area contributed by atoms with Crippen molar-refractivity contribution < 1.29 is 13.2 Å². The smallest absolute Gasteiger partial charge is 0.262 e. The van der Waals surface area contributed by atoms with E-state index in [2.05, 4.69) is 20.1 Å². The fourth-order valence-electron chi connectivity index (χ4n) is 3.74. The van der Waals surface area contributed by atoms with E-state index < -0.39 is 10.0 Å². The topological polar surface area (TPSA) is 105 Å². The molecule has 0 saturated carbocycles. The molecule has 0 saturated heterocycles. The number of carbonyl (C=O) groups excluding carboxylic acids is 1. The van der Waals surface area contributed by atoms with Crippen molar-refractivity contribution in [3.63, 3.8) is 0 Å². The summed E-state index contributed by atoms with van der Waals surface area (Å²) < 4.78 is 29.7. The minimum absolute atomic E-state index is 0.127. The summed E-state index contributed by atoms with van der Waals surface area (Å²) >= 11 is 0. The van der Waals surface area contributed by atoms with Gasteiger partial charge in [0, 0.05) is 29.9 Å². The summed E-state index contributed by atoms with van der Waals surface area (Å²) in [5.74, 6) is 0.227. The maximum atomic E-state index is 12.7. The zero-order valence-electron chi connectivity index (χ0n) is 18.7. The summed E-state index contributed by atoms with van der Waals surface area (Å²) in [6, 6.07) is 15.2. The number of carbonyl (C=O) groups is 1. The van der Waals surface area contributed by atoms with Crippen LogP contribution in [0.4, 0.5) is 5.69 Å². The first-order valence-electron chi connectivity index (χ1n) is 10.9. The van der Waals surface area contributed by atoms with E-state index in [0.29, 0.717) is 30.1 Å². The van der Waals surface area contributed by atoms with Crippen molar-refractivity contribution in [2.75, 3.05) is 11.9 Å². The van der Waals surface area contributed by atoms with Gasteiger partial charge in [-0.3, -0.25) is 14.5 Å². The molecule has 9 heteroatoms. The highest BCUT2D eigenvalue weighted by atomic mass is 32.2. The third kappa shape index (κ3) is 5.48. The average Bonchev–Trinajstić information content (AvgIpc) is 2.96. The zero-order valence-corrected chi connectivity index (χ0v) is 19.5. The molecule has 2 heterocycles. The Kier molecular flexibility index (Phi) is 6.60. The molecule has 0 spiro atoms. The van der Waals surface area contributed by atoms with Gasteiger partial charge in [-0.05, 0) is 81.3 Å². The predicted octanol–water partition coefficient (Wildman–Crippen LogP) is 3.99. The van der Waals surface area contributed by atoms with Crippen LogP contribution in [0, 0.1) is 13.8 Å². The normalized spacial score (nSPS) is 14.3. The molecule has 1 aliphatic heterocycles. The molecule has 3 aromatic rings. The molecule has 4 rings (SSSR count). The summed E-state index contributed by atoms with van der Waals surface area (Å²) in [6.45, 7) is 4.55. The highest BCUT2D eigenvalue weighted by Gasteiger charge is 2.17. The van der Waals surface area contributed by atoms with E-state index in [-0.39, 0.29) is 10.8 Å². The second-order valence-corrected chi connectivity index (χ2v) is 9.79. The third-order valence-electron chi connectivity index (χ3n) is 5.43. The molecule has 0 radical (unpaired) electrons. The van der Waals surface area contributed by atoms with Crippen LogP contribution in [0.2, 0.25) is 0 Å². The van der Waals surface area contributed by atoms with Gasteiger partial charge in [0.2, 0.25) is 0 Å². The van der Waals surface area contributed by atoms with Crippen LogP contribution in [0.15, 0.2) is 64.5 Å². The van der Waals surface area contributed by atoms with Gasteiger partial charge in [0.15, 0.2) is 0 Å². The van der Waals surface area contributed by atoms with Crippen molar-refractivity contribution in [3.8, 4) is 5.69 Å². The Morgan fingerprint density at radius 3 is 2.36 bits per heavy atom.